The van der Waals surface area contributed by atoms with Gasteiger partial charge in [-0.1, -0.05) is 18.2 Å². The highest BCUT2D eigenvalue weighted by Crippen LogP contribution is 2.14. The van der Waals surface area contributed by atoms with Crippen LogP contribution in [0.1, 0.15) is 22.8 Å². The number of carbonyl (C=O) groups is 2. The minimum absolute atomic E-state index is 0.132. The van der Waals surface area contributed by atoms with E-state index >= 15 is 0 Å². The number of hydrogen-bond donors (Lipinski definition) is 2. The Morgan fingerprint density at radius 2 is 1.79 bits per heavy atom. The minimum atomic E-state index is -3.60. The predicted octanol–water partition coefficient (Wildman–Crippen LogP) is 1.47. The van der Waals surface area contributed by atoms with Gasteiger partial charge < -0.3 is 14.8 Å². The number of amides is 1. The summed E-state index contributed by atoms with van der Waals surface area (Å²) in [6, 6.07) is 12.5. The fraction of sp³-hybridized carbons (Fsp3) is 0.263. The number of nitrogens with one attached hydrogen (secondary N) is 2. The molecule has 2 rings (SSSR count). The fourth-order valence-electron chi connectivity index (χ4n) is 2.30. The van der Waals surface area contributed by atoms with Crippen LogP contribution >= 0.6 is 0 Å². The smallest absolute Gasteiger partial charge is 0.308 e. The number of esters is 1. The van der Waals surface area contributed by atoms with Gasteiger partial charge in [0, 0.05) is 32.7 Å². The van der Waals surface area contributed by atoms with Crippen LogP contribution in [0.5, 0.6) is 5.75 Å². The van der Waals surface area contributed by atoms with Gasteiger partial charge in [0.15, 0.2) is 0 Å². The molecule has 0 saturated heterocycles. The largest absolute Gasteiger partial charge is 0.427 e. The lowest BCUT2D eigenvalue weighted by Crippen LogP contribution is -2.27. The molecule has 0 saturated carbocycles. The van der Waals surface area contributed by atoms with Crippen LogP contribution < -0.4 is 14.8 Å². The Morgan fingerprint density at radius 3 is 2.43 bits per heavy atom. The van der Waals surface area contributed by atoms with Crippen molar-refractivity contribution in [1.82, 2.24) is 10.0 Å². The summed E-state index contributed by atoms with van der Waals surface area (Å²) >= 11 is 0. The molecule has 8 nitrogen and oxygen atoms in total. The molecule has 0 fully saturated rings. The van der Waals surface area contributed by atoms with Gasteiger partial charge in [0.2, 0.25) is 10.0 Å². The number of carbonyl (C=O) groups excluding carboxylic acids is 2. The Hall–Kier alpha value is -2.75. The van der Waals surface area contributed by atoms with E-state index in [1.165, 1.54) is 32.2 Å². The molecule has 150 valence electrons. The van der Waals surface area contributed by atoms with Crippen molar-refractivity contribution >= 4 is 21.9 Å². The zero-order valence-corrected chi connectivity index (χ0v) is 16.4. The third-order valence-electron chi connectivity index (χ3n) is 3.64. The summed E-state index contributed by atoms with van der Waals surface area (Å²) in [4.78, 5) is 23.4. The molecule has 2 aromatic rings. The molecule has 0 radical (unpaired) electrons. The summed E-state index contributed by atoms with van der Waals surface area (Å²) in [5, 5.41) is 2.73. The molecule has 2 N–H and O–H groups in total. The summed E-state index contributed by atoms with van der Waals surface area (Å²) in [7, 11) is -2.11. The van der Waals surface area contributed by atoms with E-state index in [9.17, 15) is 18.0 Å². The number of methoxy groups -OCH3 is 1. The highest BCUT2D eigenvalue weighted by atomic mass is 32.2. The average Bonchev–Trinajstić information content (AvgIpc) is 2.66. The van der Waals surface area contributed by atoms with Gasteiger partial charge >= 0.3 is 5.97 Å². The molecule has 0 unspecified atom stereocenters. The summed E-state index contributed by atoms with van der Waals surface area (Å²) < 4.78 is 36.4. The molecule has 0 aliphatic rings. The molecule has 28 heavy (non-hydrogen) atoms. The van der Waals surface area contributed by atoms with Crippen molar-refractivity contribution in [2.45, 2.75) is 18.4 Å². The van der Waals surface area contributed by atoms with Crippen LogP contribution in [-0.2, 0) is 26.1 Å². The van der Waals surface area contributed by atoms with Crippen LogP contribution in [0.25, 0.3) is 0 Å². The van der Waals surface area contributed by atoms with Gasteiger partial charge in [0.05, 0.1) is 11.5 Å². The normalized spacial score (nSPS) is 11.1. The van der Waals surface area contributed by atoms with E-state index in [2.05, 4.69) is 10.0 Å². The molecule has 2 aromatic carbocycles. The zero-order valence-electron chi connectivity index (χ0n) is 15.6. The van der Waals surface area contributed by atoms with Crippen LogP contribution in [-0.4, -0.2) is 40.6 Å². The quantitative estimate of drug-likeness (QED) is 0.371. The minimum Gasteiger partial charge on any atom is -0.427 e. The molecular formula is C19H22N2O6S. The van der Waals surface area contributed by atoms with E-state index in [0.29, 0.717) is 5.56 Å². The van der Waals surface area contributed by atoms with E-state index in [4.69, 9.17) is 9.47 Å². The van der Waals surface area contributed by atoms with Crippen molar-refractivity contribution in [2.24, 2.45) is 0 Å². The first-order valence-electron chi connectivity index (χ1n) is 8.46. The summed E-state index contributed by atoms with van der Waals surface area (Å²) in [6.07, 6.45) is 0. The molecule has 9 heteroatoms. The van der Waals surface area contributed by atoms with E-state index in [-0.39, 0.29) is 36.2 Å². The second-order valence-corrected chi connectivity index (χ2v) is 7.61. The molecule has 0 atom stereocenters. The first-order valence-corrected chi connectivity index (χ1v) is 9.94. The number of ether oxygens (including phenoxy) is 2. The molecular weight excluding hydrogens is 384 g/mol. The van der Waals surface area contributed by atoms with Crippen LogP contribution in [0.3, 0.4) is 0 Å². The first kappa shape index (κ1) is 21.5. The number of sulfonamides is 1. The van der Waals surface area contributed by atoms with Gasteiger partial charge in [-0.25, -0.2) is 13.1 Å². The number of hydrogen-bond acceptors (Lipinski definition) is 6. The Kier molecular flexibility index (Phi) is 7.68. The topological polar surface area (TPSA) is 111 Å². The maximum atomic E-state index is 12.3. The molecule has 0 aliphatic carbocycles. The summed E-state index contributed by atoms with van der Waals surface area (Å²) in [6.45, 7) is 1.96. The Labute approximate surface area is 163 Å². The molecule has 0 bridgehead atoms. The molecule has 0 aliphatic heterocycles. The van der Waals surface area contributed by atoms with Crippen molar-refractivity contribution in [3.63, 3.8) is 0 Å². The zero-order chi connectivity index (χ0) is 20.6. The highest BCUT2D eigenvalue weighted by Gasteiger charge is 2.13. The first-order chi connectivity index (χ1) is 13.3. The van der Waals surface area contributed by atoms with Crippen molar-refractivity contribution in [2.75, 3.05) is 20.3 Å². The fourth-order valence-corrected chi connectivity index (χ4v) is 3.31. The molecule has 1 amide bonds. The standard InChI is InChI=1S/C19H22N2O6S/c1-14(22)27-17-5-3-4-16(12-17)19(23)20-13-15-6-8-18(9-7-15)28(24,25)21-10-11-26-2/h3-9,12,21H,10-11,13H2,1-2H3,(H,20,23). The van der Waals surface area contributed by atoms with E-state index in [1.54, 1.807) is 30.3 Å². The molecule has 0 aromatic heterocycles. The Morgan fingerprint density at radius 1 is 1.07 bits per heavy atom. The van der Waals surface area contributed by atoms with Gasteiger partial charge in [-0.3, -0.25) is 9.59 Å². The van der Waals surface area contributed by atoms with Crippen LogP contribution in [0.2, 0.25) is 0 Å². The van der Waals surface area contributed by atoms with Gasteiger partial charge in [-0.15, -0.1) is 0 Å². The molecule has 0 spiro atoms. The highest BCUT2D eigenvalue weighted by molar-refractivity contribution is 7.89. The van der Waals surface area contributed by atoms with E-state index in [0.717, 1.165) is 5.56 Å². The van der Waals surface area contributed by atoms with Crippen LogP contribution in [0.4, 0.5) is 0 Å². The van der Waals surface area contributed by atoms with E-state index < -0.39 is 16.0 Å². The maximum Gasteiger partial charge on any atom is 0.308 e. The third-order valence-corrected chi connectivity index (χ3v) is 5.12. The predicted molar refractivity (Wildman–Crippen MR) is 102 cm³/mol. The Balaban J connectivity index is 1.96. The maximum absolute atomic E-state index is 12.3. The summed E-state index contributed by atoms with van der Waals surface area (Å²) in [5.41, 5.74) is 1.08. The molecule has 0 heterocycles. The second-order valence-electron chi connectivity index (χ2n) is 5.84. The Bertz CT molecular complexity index is 926. The van der Waals surface area contributed by atoms with Crippen molar-refractivity contribution in [3.8, 4) is 5.75 Å². The van der Waals surface area contributed by atoms with Crippen LogP contribution in [0.15, 0.2) is 53.4 Å². The van der Waals surface area contributed by atoms with Gasteiger partial charge in [0.25, 0.3) is 5.91 Å². The SMILES string of the molecule is COCCNS(=O)(=O)c1ccc(CNC(=O)c2cccc(OC(C)=O)c2)cc1. The lowest BCUT2D eigenvalue weighted by molar-refractivity contribution is -0.131. The summed E-state index contributed by atoms with van der Waals surface area (Å²) in [5.74, 6) is -0.521. The monoisotopic (exact) mass is 406 g/mol. The lowest BCUT2D eigenvalue weighted by Gasteiger charge is -2.09. The third kappa shape index (κ3) is 6.45. The van der Waals surface area contributed by atoms with Crippen LogP contribution in [0, 0.1) is 0 Å². The van der Waals surface area contributed by atoms with Gasteiger partial charge in [-0.2, -0.15) is 0 Å². The van der Waals surface area contributed by atoms with Crippen molar-refractivity contribution < 1.29 is 27.5 Å². The average molecular weight is 406 g/mol. The number of benzene rings is 2. The van der Waals surface area contributed by atoms with E-state index in [1.807, 2.05) is 0 Å². The van der Waals surface area contributed by atoms with Gasteiger partial charge in [-0.05, 0) is 35.9 Å². The second kappa shape index (κ2) is 9.98. The number of rotatable bonds is 9. The van der Waals surface area contributed by atoms with Gasteiger partial charge in [0.1, 0.15) is 5.75 Å². The van der Waals surface area contributed by atoms with Crippen molar-refractivity contribution in [3.05, 3.63) is 59.7 Å². The lowest BCUT2D eigenvalue weighted by atomic mass is 10.2. The van der Waals surface area contributed by atoms with Crippen molar-refractivity contribution in [1.29, 1.82) is 0 Å².